The largest absolute Gasteiger partial charge is 0.370 e. The third-order valence-corrected chi connectivity index (χ3v) is 6.21. The number of hydrogen-bond donors (Lipinski definition) is 1. The van der Waals surface area contributed by atoms with Crippen LogP contribution in [0, 0.1) is 0 Å². The van der Waals surface area contributed by atoms with Gasteiger partial charge < -0.3 is 19.9 Å². The van der Waals surface area contributed by atoms with E-state index in [1.54, 1.807) is 29.2 Å². The third-order valence-electron chi connectivity index (χ3n) is 5.03. The van der Waals surface area contributed by atoms with Crippen LogP contribution in [0.5, 0.6) is 0 Å². The number of thiophene rings is 1. The molecule has 0 aliphatic carbocycles. The summed E-state index contributed by atoms with van der Waals surface area (Å²) in [5.41, 5.74) is 1.27. The highest BCUT2D eigenvalue weighted by molar-refractivity contribution is 7.21. The number of nitrogens with zero attached hydrogens (tertiary/aromatic N) is 4. The van der Waals surface area contributed by atoms with Crippen molar-refractivity contribution in [2.45, 2.75) is 6.10 Å². The number of fused-ring (bicyclic) bond motifs is 1. The van der Waals surface area contributed by atoms with Crippen LogP contribution in [0.4, 0.5) is 5.95 Å². The minimum atomic E-state index is -0.381. The molecule has 1 aromatic carbocycles. The molecule has 0 unspecified atom stereocenters. The molecule has 9 heteroatoms. The van der Waals surface area contributed by atoms with Gasteiger partial charge in [-0.15, -0.1) is 11.3 Å². The Kier molecular flexibility index (Phi) is 5.65. The van der Waals surface area contributed by atoms with E-state index in [0.717, 1.165) is 15.6 Å². The molecule has 8 nitrogen and oxygen atoms in total. The Morgan fingerprint density at radius 1 is 1.23 bits per heavy atom. The van der Waals surface area contributed by atoms with Crippen molar-refractivity contribution < 1.29 is 14.3 Å². The van der Waals surface area contributed by atoms with Crippen molar-refractivity contribution in [2.75, 3.05) is 45.7 Å². The van der Waals surface area contributed by atoms with E-state index in [0.29, 0.717) is 36.1 Å². The van der Waals surface area contributed by atoms with Crippen LogP contribution in [0.1, 0.15) is 31.7 Å². The zero-order chi connectivity index (χ0) is 21.3. The van der Waals surface area contributed by atoms with E-state index < -0.39 is 0 Å². The van der Waals surface area contributed by atoms with Gasteiger partial charge in [0.1, 0.15) is 6.10 Å². The van der Waals surface area contributed by atoms with E-state index in [4.69, 9.17) is 4.74 Å². The van der Waals surface area contributed by atoms with Crippen molar-refractivity contribution in [3.8, 4) is 0 Å². The topological polar surface area (TPSA) is 87.7 Å². The predicted octanol–water partition coefficient (Wildman–Crippen LogP) is 2.33. The normalized spacial score (nSPS) is 16.5. The summed E-state index contributed by atoms with van der Waals surface area (Å²) in [5, 5.41) is 3.70. The number of anilines is 1. The molecule has 3 heterocycles. The van der Waals surface area contributed by atoms with Crippen molar-refractivity contribution >= 4 is 39.2 Å². The van der Waals surface area contributed by atoms with Gasteiger partial charge in [-0.2, -0.15) is 0 Å². The van der Waals surface area contributed by atoms with Crippen LogP contribution in [0.3, 0.4) is 0 Å². The molecule has 3 aromatic rings. The fourth-order valence-corrected chi connectivity index (χ4v) is 4.72. The second kappa shape index (κ2) is 8.37. The molecule has 30 heavy (non-hydrogen) atoms. The number of rotatable bonds is 4. The molecular formula is C21H23N5O3S. The number of benzene rings is 1. The zero-order valence-corrected chi connectivity index (χ0v) is 17.9. The summed E-state index contributed by atoms with van der Waals surface area (Å²) in [6, 6.07) is 7.88. The Bertz CT molecular complexity index is 1080. The van der Waals surface area contributed by atoms with Crippen molar-refractivity contribution in [2.24, 2.45) is 0 Å². The monoisotopic (exact) mass is 425 g/mol. The van der Waals surface area contributed by atoms with Gasteiger partial charge in [-0.25, -0.2) is 9.97 Å². The average Bonchev–Trinajstić information content (AvgIpc) is 3.18. The van der Waals surface area contributed by atoms with Gasteiger partial charge in [0.2, 0.25) is 5.95 Å². The molecule has 4 rings (SSSR count). The fourth-order valence-electron chi connectivity index (χ4n) is 3.52. The lowest BCUT2D eigenvalue weighted by Gasteiger charge is -2.33. The smallest absolute Gasteiger partial charge is 0.261 e. The first-order valence-electron chi connectivity index (χ1n) is 9.63. The van der Waals surface area contributed by atoms with Crippen molar-refractivity contribution in [3.63, 3.8) is 0 Å². The maximum Gasteiger partial charge on any atom is 0.261 e. The summed E-state index contributed by atoms with van der Waals surface area (Å²) in [6.07, 6.45) is 2.71. The van der Waals surface area contributed by atoms with E-state index >= 15 is 0 Å². The quantitative estimate of drug-likeness (QED) is 0.690. The van der Waals surface area contributed by atoms with Crippen LogP contribution >= 0.6 is 11.3 Å². The minimum Gasteiger partial charge on any atom is -0.370 e. The molecule has 1 aliphatic rings. The number of carbonyl (C=O) groups excluding carboxylic acids is 2. The summed E-state index contributed by atoms with van der Waals surface area (Å²) in [5.74, 6) is 0.256. The molecule has 0 saturated carbocycles. The van der Waals surface area contributed by atoms with Gasteiger partial charge in [-0.05, 0) is 11.5 Å². The van der Waals surface area contributed by atoms with Gasteiger partial charge in [0.05, 0.1) is 23.6 Å². The molecule has 0 radical (unpaired) electrons. The number of nitrogens with one attached hydrogen (secondary N) is 1. The first-order valence-corrected chi connectivity index (χ1v) is 10.4. The summed E-state index contributed by atoms with van der Waals surface area (Å²) in [6.45, 7) is 1.23. The Hall–Kier alpha value is -3.04. The standard InChI is InChI=1S/C21H23N5O3S/c1-22-19(27)18-17(14-6-4-5-7-16(14)30-18)15-12-26(8-9-29-15)20(28)13-10-23-21(24-11-13)25(2)3/h4-7,10-11,15H,8-9,12H2,1-3H3,(H,22,27)/t15-/m1/s1. The van der Waals surface area contributed by atoms with Crippen LogP contribution in [0.15, 0.2) is 36.7 Å². The SMILES string of the molecule is CNC(=O)c1sc2ccccc2c1[C@H]1CN(C(=O)c2cnc(N(C)C)nc2)CCO1. The van der Waals surface area contributed by atoms with E-state index in [-0.39, 0.29) is 17.9 Å². The van der Waals surface area contributed by atoms with Gasteiger partial charge >= 0.3 is 0 Å². The van der Waals surface area contributed by atoms with Crippen LogP contribution in [-0.2, 0) is 4.74 Å². The van der Waals surface area contributed by atoms with Crippen LogP contribution in [0.2, 0.25) is 0 Å². The van der Waals surface area contributed by atoms with Gasteiger partial charge in [0.15, 0.2) is 0 Å². The van der Waals surface area contributed by atoms with E-state index in [2.05, 4.69) is 15.3 Å². The number of ether oxygens (including phenoxy) is 1. The average molecular weight is 426 g/mol. The Morgan fingerprint density at radius 3 is 2.67 bits per heavy atom. The van der Waals surface area contributed by atoms with Crippen LogP contribution < -0.4 is 10.2 Å². The minimum absolute atomic E-state index is 0.144. The van der Waals surface area contributed by atoms with Crippen molar-refractivity contribution in [1.29, 1.82) is 0 Å². The van der Waals surface area contributed by atoms with Gasteiger partial charge in [0.25, 0.3) is 11.8 Å². The molecule has 1 fully saturated rings. The Balaban J connectivity index is 1.63. The molecule has 1 atom stereocenters. The van der Waals surface area contributed by atoms with Gasteiger partial charge in [-0.1, -0.05) is 18.2 Å². The zero-order valence-electron chi connectivity index (χ0n) is 17.1. The number of amides is 2. The molecule has 1 saturated heterocycles. The first-order chi connectivity index (χ1) is 14.5. The lowest BCUT2D eigenvalue weighted by molar-refractivity contribution is -0.0222. The van der Waals surface area contributed by atoms with Crippen LogP contribution in [-0.4, -0.2) is 67.5 Å². The molecule has 156 valence electrons. The summed E-state index contributed by atoms with van der Waals surface area (Å²) >= 11 is 1.44. The molecule has 0 spiro atoms. The predicted molar refractivity (Wildman–Crippen MR) is 116 cm³/mol. The molecular weight excluding hydrogens is 402 g/mol. The second-order valence-corrected chi connectivity index (χ2v) is 8.25. The molecule has 0 bridgehead atoms. The molecule has 2 aromatic heterocycles. The summed E-state index contributed by atoms with van der Waals surface area (Å²) in [7, 11) is 5.31. The first kappa shape index (κ1) is 20.2. The molecule has 1 N–H and O–H groups in total. The van der Waals surface area contributed by atoms with E-state index in [1.807, 2.05) is 38.4 Å². The van der Waals surface area contributed by atoms with Crippen molar-refractivity contribution in [3.05, 3.63) is 52.7 Å². The lowest BCUT2D eigenvalue weighted by atomic mass is 10.0. The maximum atomic E-state index is 13.0. The van der Waals surface area contributed by atoms with Crippen molar-refractivity contribution in [1.82, 2.24) is 20.2 Å². The fraction of sp³-hybridized carbons (Fsp3) is 0.333. The highest BCUT2D eigenvalue weighted by Gasteiger charge is 2.31. The number of hydrogen-bond acceptors (Lipinski definition) is 7. The van der Waals surface area contributed by atoms with E-state index in [9.17, 15) is 9.59 Å². The second-order valence-electron chi connectivity index (χ2n) is 7.20. The number of carbonyl (C=O) groups is 2. The summed E-state index contributed by atoms with van der Waals surface area (Å²) in [4.78, 5) is 38.2. The molecule has 2 amide bonds. The van der Waals surface area contributed by atoms with Gasteiger partial charge in [-0.3, -0.25) is 9.59 Å². The Morgan fingerprint density at radius 2 is 1.97 bits per heavy atom. The molecule has 1 aliphatic heterocycles. The van der Waals surface area contributed by atoms with Gasteiger partial charge in [0, 0.05) is 50.3 Å². The summed E-state index contributed by atoms with van der Waals surface area (Å²) < 4.78 is 7.05. The van der Waals surface area contributed by atoms with E-state index in [1.165, 1.54) is 11.3 Å². The number of morpholine rings is 1. The maximum absolute atomic E-state index is 13.0. The number of aromatic nitrogens is 2. The lowest BCUT2D eigenvalue weighted by Crippen LogP contribution is -2.42. The third kappa shape index (κ3) is 3.73. The highest BCUT2D eigenvalue weighted by Crippen LogP contribution is 2.38. The van der Waals surface area contributed by atoms with Crippen LogP contribution in [0.25, 0.3) is 10.1 Å². The highest BCUT2D eigenvalue weighted by atomic mass is 32.1. The Labute approximate surface area is 178 Å².